The molecule has 1 heterocycles. The number of carbonyl (C=O) groups excluding carboxylic acids is 3. The van der Waals surface area contributed by atoms with Crippen LogP contribution in [0.5, 0.6) is 5.75 Å². The first-order chi connectivity index (χ1) is 13.9. The second-order valence-electron chi connectivity index (χ2n) is 6.25. The Labute approximate surface area is 171 Å². The van der Waals surface area contributed by atoms with Crippen molar-refractivity contribution in [3.63, 3.8) is 0 Å². The van der Waals surface area contributed by atoms with Gasteiger partial charge in [-0.2, -0.15) is 0 Å². The number of nitrogens with one attached hydrogen (secondary N) is 1. The molecule has 29 heavy (non-hydrogen) atoms. The van der Waals surface area contributed by atoms with Gasteiger partial charge in [0, 0.05) is 13.1 Å². The van der Waals surface area contributed by atoms with Crippen molar-refractivity contribution in [3.05, 3.63) is 70.9 Å². The minimum absolute atomic E-state index is 0.0508. The molecule has 0 spiro atoms. The summed E-state index contributed by atoms with van der Waals surface area (Å²) in [6.45, 7) is 1.78. The molecule has 0 aromatic heterocycles. The number of rotatable bonds is 7. The Balaban J connectivity index is 1.51. The third kappa shape index (κ3) is 5.45. The Morgan fingerprint density at radius 1 is 1.17 bits per heavy atom. The van der Waals surface area contributed by atoms with Gasteiger partial charge < -0.3 is 10.1 Å². The Hall–Kier alpha value is -3.13. The number of halogens is 1. The molecule has 0 unspecified atom stereocenters. The van der Waals surface area contributed by atoms with E-state index >= 15 is 0 Å². The highest BCUT2D eigenvalue weighted by Crippen LogP contribution is 2.31. The Bertz CT molecular complexity index is 931. The Kier molecular flexibility index (Phi) is 6.66. The maximum absolute atomic E-state index is 13.0. The van der Waals surface area contributed by atoms with E-state index < -0.39 is 17.3 Å². The Morgan fingerprint density at radius 3 is 2.55 bits per heavy atom. The Morgan fingerprint density at radius 2 is 1.86 bits per heavy atom. The molecule has 0 saturated carbocycles. The van der Waals surface area contributed by atoms with Crippen LogP contribution in [0.25, 0.3) is 6.08 Å². The van der Waals surface area contributed by atoms with Gasteiger partial charge in [0.15, 0.2) is 6.10 Å². The van der Waals surface area contributed by atoms with Gasteiger partial charge in [-0.3, -0.25) is 19.3 Å². The highest BCUT2D eigenvalue weighted by molar-refractivity contribution is 8.18. The number of hydrogen-bond donors (Lipinski definition) is 1. The van der Waals surface area contributed by atoms with E-state index in [0.717, 1.165) is 16.7 Å². The molecule has 150 valence electrons. The van der Waals surface area contributed by atoms with Gasteiger partial charge in [-0.15, -0.1) is 0 Å². The highest BCUT2D eigenvalue weighted by atomic mass is 32.2. The van der Waals surface area contributed by atoms with Crippen molar-refractivity contribution in [3.8, 4) is 5.75 Å². The number of hydrogen-bond acceptors (Lipinski definition) is 5. The molecule has 1 fully saturated rings. The minimum Gasteiger partial charge on any atom is -0.481 e. The van der Waals surface area contributed by atoms with Gasteiger partial charge in [0.2, 0.25) is 0 Å². The summed E-state index contributed by atoms with van der Waals surface area (Å²) < 4.78 is 18.5. The molecule has 3 rings (SSSR count). The summed E-state index contributed by atoms with van der Waals surface area (Å²) >= 11 is 0.815. The second kappa shape index (κ2) is 9.38. The number of thioether (sulfide) groups is 1. The van der Waals surface area contributed by atoms with Gasteiger partial charge in [-0.25, -0.2) is 4.39 Å². The molecule has 8 heteroatoms. The van der Waals surface area contributed by atoms with Crippen LogP contribution in [0.3, 0.4) is 0 Å². The lowest BCUT2D eigenvalue weighted by atomic mass is 10.2. The molecule has 3 amide bonds. The molecule has 1 aliphatic rings. The lowest BCUT2D eigenvalue weighted by Crippen LogP contribution is -2.41. The molecule has 1 atom stereocenters. The smallest absolute Gasteiger partial charge is 0.293 e. The first-order valence-electron chi connectivity index (χ1n) is 8.94. The quantitative estimate of drug-likeness (QED) is 0.703. The predicted octanol–water partition coefficient (Wildman–Crippen LogP) is 3.45. The fourth-order valence-corrected chi connectivity index (χ4v) is 3.46. The number of nitrogens with zero attached hydrogens (tertiary/aromatic N) is 1. The van der Waals surface area contributed by atoms with Crippen molar-refractivity contribution < 1.29 is 23.5 Å². The van der Waals surface area contributed by atoms with Crippen LogP contribution in [0.2, 0.25) is 0 Å². The van der Waals surface area contributed by atoms with E-state index in [4.69, 9.17) is 4.74 Å². The van der Waals surface area contributed by atoms with Crippen LogP contribution in [-0.2, 0) is 9.59 Å². The molecule has 0 aliphatic carbocycles. The van der Waals surface area contributed by atoms with Gasteiger partial charge in [-0.1, -0.05) is 30.3 Å². The van der Waals surface area contributed by atoms with Gasteiger partial charge >= 0.3 is 0 Å². The van der Waals surface area contributed by atoms with E-state index in [0.29, 0.717) is 11.3 Å². The zero-order valence-electron chi connectivity index (χ0n) is 15.6. The fraction of sp³-hybridized carbons (Fsp3) is 0.190. The molecule has 1 saturated heterocycles. The van der Waals surface area contributed by atoms with E-state index in [1.807, 2.05) is 6.07 Å². The summed E-state index contributed by atoms with van der Waals surface area (Å²) in [7, 11) is 0. The van der Waals surface area contributed by atoms with E-state index in [-0.39, 0.29) is 29.7 Å². The first kappa shape index (κ1) is 20.6. The van der Waals surface area contributed by atoms with Crippen LogP contribution in [-0.4, -0.2) is 41.1 Å². The van der Waals surface area contributed by atoms with Gasteiger partial charge in [0.1, 0.15) is 11.6 Å². The zero-order chi connectivity index (χ0) is 20.8. The standard InChI is InChI=1S/C21H19FN2O4S/c1-14(28-17-5-3-2-4-6-17)19(25)23-11-12-24-20(26)18(29-21(24)27)13-15-7-9-16(22)10-8-15/h2-10,13-14H,11-12H2,1H3,(H,23,25)/b18-13-/t14-/m0/s1. The van der Waals surface area contributed by atoms with Crippen molar-refractivity contribution in [1.29, 1.82) is 0 Å². The largest absolute Gasteiger partial charge is 0.481 e. The van der Waals surface area contributed by atoms with Crippen LogP contribution in [0, 0.1) is 5.82 Å². The van der Waals surface area contributed by atoms with Crippen molar-refractivity contribution in [1.82, 2.24) is 10.2 Å². The zero-order valence-corrected chi connectivity index (χ0v) is 16.4. The van der Waals surface area contributed by atoms with Gasteiger partial charge in [0.25, 0.3) is 17.1 Å². The third-order valence-electron chi connectivity index (χ3n) is 4.10. The lowest BCUT2D eigenvalue weighted by molar-refractivity contribution is -0.128. The maximum atomic E-state index is 13.0. The van der Waals surface area contributed by atoms with Crippen LogP contribution in [0.15, 0.2) is 59.5 Å². The van der Waals surface area contributed by atoms with E-state index in [1.54, 1.807) is 37.3 Å². The first-order valence-corrected chi connectivity index (χ1v) is 9.76. The average Bonchev–Trinajstić information content (AvgIpc) is 2.97. The monoisotopic (exact) mass is 414 g/mol. The summed E-state index contributed by atoms with van der Waals surface area (Å²) in [5, 5.41) is 2.25. The third-order valence-corrected chi connectivity index (χ3v) is 5.01. The number of para-hydroxylation sites is 1. The lowest BCUT2D eigenvalue weighted by Gasteiger charge is -2.16. The number of imide groups is 1. The summed E-state index contributed by atoms with van der Waals surface area (Å²) in [5.74, 6) is -0.585. The van der Waals surface area contributed by atoms with E-state index in [1.165, 1.54) is 24.3 Å². The normalized spacial score (nSPS) is 16.2. The molecule has 0 radical (unpaired) electrons. The van der Waals surface area contributed by atoms with Crippen molar-refractivity contribution in [2.75, 3.05) is 13.1 Å². The number of ether oxygens (including phenoxy) is 1. The van der Waals surface area contributed by atoms with Gasteiger partial charge in [-0.05, 0) is 54.6 Å². The summed E-state index contributed by atoms with van der Waals surface area (Å²) in [5.41, 5.74) is 0.622. The average molecular weight is 414 g/mol. The number of amides is 3. The van der Waals surface area contributed by atoms with E-state index in [2.05, 4.69) is 5.32 Å². The number of benzene rings is 2. The molecular formula is C21H19FN2O4S. The molecule has 2 aromatic rings. The summed E-state index contributed by atoms with van der Waals surface area (Å²) in [6.07, 6.45) is 0.823. The number of carbonyl (C=O) groups is 3. The van der Waals surface area contributed by atoms with Crippen molar-refractivity contribution in [2.24, 2.45) is 0 Å². The minimum atomic E-state index is -0.717. The maximum Gasteiger partial charge on any atom is 0.293 e. The highest BCUT2D eigenvalue weighted by Gasteiger charge is 2.34. The molecule has 1 N–H and O–H groups in total. The molecule has 2 aromatic carbocycles. The van der Waals surface area contributed by atoms with Crippen molar-refractivity contribution >= 4 is 34.9 Å². The molecule has 1 aliphatic heterocycles. The molecule has 6 nitrogen and oxygen atoms in total. The van der Waals surface area contributed by atoms with Crippen LogP contribution in [0.4, 0.5) is 9.18 Å². The predicted molar refractivity (Wildman–Crippen MR) is 109 cm³/mol. The molecular weight excluding hydrogens is 395 g/mol. The van der Waals surface area contributed by atoms with Gasteiger partial charge in [0.05, 0.1) is 4.91 Å². The van der Waals surface area contributed by atoms with Crippen molar-refractivity contribution in [2.45, 2.75) is 13.0 Å². The second-order valence-corrected chi connectivity index (χ2v) is 7.24. The van der Waals surface area contributed by atoms with Crippen LogP contribution < -0.4 is 10.1 Å². The summed E-state index contributed by atoms with van der Waals surface area (Å²) in [6, 6.07) is 14.6. The fourth-order valence-electron chi connectivity index (χ4n) is 2.59. The van der Waals surface area contributed by atoms with Crippen LogP contribution in [0.1, 0.15) is 12.5 Å². The topological polar surface area (TPSA) is 75.7 Å². The SMILES string of the molecule is C[C@H](Oc1ccccc1)C(=O)NCCN1C(=O)S/C(=C\c2ccc(F)cc2)C1=O. The van der Waals surface area contributed by atoms with Crippen LogP contribution >= 0.6 is 11.8 Å². The molecule has 0 bridgehead atoms. The van der Waals surface area contributed by atoms with E-state index in [9.17, 15) is 18.8 Å². The summed E-state index contributed by atoms with van der Waals surface area (Å²) in [4.78, 5) is 38.0.